The summed E-state index contributed by atoms with van der Waals surface area (Å²) in [6.45, 7) is 1.33. The van der Waals surface area contributed by atoms with Crippen LogP contribution in [0.4, 0.5) is 0 Å². The number of hydrogen-bond acceptors (Lipinski definition) is 3. The van der Waals surface area contributed by atoms with Crippen LogP contribution in [0, 0.1) is 0 Å². The minimum atomic E-state index is 0.311. The third-order valence-corrected chi connectivity index (χ3v) is 3.58. The summed E-state index contributed by atoms with van der Waals surface area (Å²) in [5.74, 6) is 0.311. The molecule has 0 fully saturated rings. The fraction of sp³-hybridized carbons (Fsp3) is 0.333. The molecule has 1 unspecified atom stereocenters. The maximum atomic E-state index is 5.77. The van der Waals surface area contributed by atoms with E-state index in [-0.39, 0.29) is 0 Å². The summed E-state index contributed by atoms with van der Waals surface area (Å²) in [4.78, 5) is 0. The summed E-state index contributed by atoms with van der Waals surface area (Å²) >= 11 is 1.77. The van der Waals surface area contributed by atoms with Crippen LogP contribution in [0.25, 0.3) is 10.1 Å². The smallest absolute Gasteiger partial charge is 0.0543 e. The summed E-state index contributed by atoms with van der Waals surface area (Å²) < 4.78 is 6.51. The number of benzene rings is 1. The van der Waals surface area contributed by atoms with Crippen molar-refractivity contribution in [3.63, 3.8) is 0 Å². The van der Waals surface area contributed by atoms with E-state index < -0.39 is 0 Å². The average molecular weight is 221 g/mol. The lowest BCUT2D eigenvalue weighted by atomic mass is 10.00. The molecule has 0 spiro atoms. The molecule has 0 bridgehead atoms. The Morgan fingerprint density at radius 1 is 1.40 bits per heavy atom. The number of nitrogens with two attached hydrogens (primary N) is 1. The van der Waals surface area contributed by atoms with E-state index in [0.717, 1.165) is 0 Å². The number of fused-ring (bicyclic) bond motifs is 1. The topological polar surface area (TPSA) is 35.2 Å². The zero-order chi connectivity index (χ0) is 10.7. The van der Waals surface area contributed by atoms with Gasteiger partial charge < -0.3 is 10.5 Å². The first-order valence-corrected chi connectivity index (χ1v) is 5.90. The molecular formula is C12H15NOS. The van der Waals surface area contributed by atoms with Crippen LogP contribution < -0.4 is 5.73 Å². The summed E-state index contributed by atoms with van der Waals surface area (Å²) in [5.41, 5.74) is 7.09. The zero-order valence-corrected chi connectivity index (χ0v) is 9.59. The Balaban J connectivity index is 2.41. The van der Waals surface area contributed by atoms with Crippen LogP contribution in [0.2, 0.25) is 0 Å². The standard InChI is InChI=1S/C12H15NOS/c1-14-7-9(6-13)11-8-15-12-5-3-2-4-10(11)12/h2-5,8-9H,6-7,13H2,1H3. The van der Waals surface area contributed by atoms with Crippen molar-refractivity contribution >= 4 is 21.4 Å². The number of ether oxygens (including phenoxy) is 1. The number of methoxy groups -OCH3 is 1. The maximum absolute atomic E-state index is 5.77. The van der Waals surface area contributed by atoms with E-state index in [0.29, 0.717) is 19.1 Å². The van der Waals surface area contributed by atoms with Gasteiger partial charge in [-0.3, -0.25) is 0 Å². The number of thiophene rings is 1. The Kier molecular flexibility index (Phi) is 3.36. The van der Waals surface area contributed by atoms with Crippen LogP contribution >= 0.6 is 11.3 Å². The largest absolute Gasteiger partial charge is 0.384 e. The molecule has 0 saturated heterocycles. The summed E-state index contributed by atoms with van der Waals surface area (Å²) in [6, 6.07) is 8.43. The highest BCUT2D eigenvalue weighted by Gasteiger charge is 2.13. The lowest BCUT2D eigenvalue weighted by Crippen LogP contribution is -2.16. The fourth-order valence-corrected chi connectivity index (χ4v) is 2.84. The predicted molar refractivity (Wildman–Crippen MR) is 65.5 cm³/mol. The van der Waals surface area contributed by atoms with Crippen molar-refractivity contribution < 1.29 is 4.74 Å². The highest BCUT2D eigenvalue weighted by molar-refractivity contribution is 7.17. The Hall–Kier alpha value is -0.900. The van der Waals surface area contributed by atoms with Gasteiger partial charge in [-0.25, -0.2) is 0 Å². The van der Waals surface area contributed by atoms with Crippen LogP contribution in [0.1, 0.15) is 11.5 Å². The monoisotopic (exact) mass is 221 g/mol. The van der Waals surface area contributed by atoms with E-state index in [1.54, 1.807) is 18.4 Å². The van der Waals surface area contributed by atoms with Crippen LogP contribution in [-0.2, 0) is 4.74 Å². The molecule has 0 aliphatic heterocycles. The van der Waals surface area contributed by atoms with E-state index in [4.69, 9.17) is 10.5 Å². The first-order chi connectivity index (χ1) is 7.36. The Bertz CT molecular complexity index is 438. The van der Waals surface area contributed by atoms with Gasteiger partial charge in [-0.15, -0.1) is 11.3 Å². The summed E-state index contributed by atoms with van der Waals surface area (Å²) in [6.07, 6.45) is 0. The minimum absolute atomic E-state index is 0.311. The van der Waals surface area contributed by atoms with Gasteiger partial charge in [0.1, 0.15) is 0 Å². The molecule has 0 aliphatic rings. The highest BCUT2D eigenvalue weighted by Crippen LogP contribution is 2.30. The first kappa shape index (κ1) is 10.6. The lowest BCUT2D eigenvalue weighted by Gasteiger charge is -2.12. The second-order valence-electron chi connectivity index (χ2n) is 3.58. The number of rotatable bonds is 4. The van der Waals surface area contributed by atoms with Crippen LogP contribution in [-0.4, -0.2) is 20.3 Å². The van der Waals surface area contributed by atoms with Crippen molar-refractivity contribution in [2.24, 2.45) is 5.73 Å². The molecule has 3 heteroatoms. The van der Waals surface area contributed by atoms with Gasteiger partial charge in [-0.05, 0) is 22.4 Å². The summed E-state index contributed by atoms with van der Waals surface area (Å²) in [7, 11) is 1.72. The molecule has 2 aromatic rings. The van der Waals surface area contributed by atoms with Gasteiger partial charge in [-0.2, -0.15) is 0 Å². The van der Waals surface area contributed by atoms with Crippen molar-refractivity contribution in [1.82, 2.24) is 0 Å². The zero-order valence-electron chi connectivity index (χ0n) is 8.77. The second-order valence-corrected chi connectivity index (χ2v) is 4.49. The third kappa shape index (κ3) is 2.04. The summed E-state index contributed by atoms with van der Waals surface area (Å²) in [5, 5.41) is 3.51. The van der Waals surface area contributed by atoms with Gasteiger partial charge in [0, 0.05) is 24.3 Å². The van der Waals surface area contributed by atoms with E-state index in [2.05, 4.69) is 29.6 Å². The predicted octanol–water partition coefficient (Wildman–Crippen LogP) is 2.59. The van der Waals surface area contributed by atoms with Gasteiger partial charge in [-0.1, -0.05) is 18.2 Å². The normalized spacial score (nSPS) is 13.2. The van der Waals surface area contributed by atoms with Crippen LogP contribution in [0.15, 0.2) is 29.6 Å². The molecular weight excluding hydrogens is 206 g/mol. The van der Waals surface area contributed by atoms with E-state index in [1.807, 2.05) is 0 Å². The molecule has 1 aromatic heterocycles. The third-order valence-electron chi connectivity index (χ3n) is 2.60. The highest BCUT2D eigenvalue weighted by atomic mass is 32.1. The Labute approximate surface area is 93.7 Å². The van der Waals surface area contributed by atoms with Crippen molar-refractivity contribution in [3.8, 4) is 0 Å². The molecule has 80 valence electrons. The van der Waals surface area contributed by atoms with E-state index in [9.17, 15) is 0 Å². The molecule has 2 rings (SSSR count). The molecule has 0 radical (unpaired) electrons. The maximum Gasteiger partial charge on any atom is 0.0543 e. The quantitative estimate of drug-likeness (QED) is 0.861. The average Bonchev–Trinajstić information content (AvgIpc) is 2.70. The molecule has 1 atom stereocenters. The molecule has 1 heterocycles. The second kappa shape index (κ2) is 4.75. The van der Waals surface area contributed by atoms with Crippen molar-refractivity contribution in [3.05, 3.63) is 35.2 Å². The first-order valence-electron chi connectivity index (χ1n) is 5.02. The van der Waals surface area contributed by atoms with Crippen molar-refractivity contribution in [1.29, 1.82) is 0 Å². The molecule has 0 aliphatic carbocycles. The molecule has 0 amide bonds. The number of hydrogen-bond donors (Lipinski definition) is 1. The lowest BCUT2D eigenvalue weighted by molar-refractivity contribution is 0.181. The van der Waals surface area contributed by atoms with E-state index in [1.165, 1.54) is 15.6 Å². The molecule has 2 nitrogen and oxygen atoms in total. The molecule has 0 saturated carbocycles. The molecule has 15 heavy (non-hydrogen) atoms. The fourth-order valence-electron chi connectivity index (χ4n) is 1.80. The van der Waals surface area contributed by atoms with Crippen LogP contribution in [0.3, 0.4) is 0 Å². The van der Waals surface area contributed by atoms with Gasteiger partial charge in [0.2, 0.25) is 0 Å². The van der Waals surface area contributed by atoms with E-state index >= 15 is 0 Å². The SMILES string of the molecule is COCC(CN)c1csc2ccccc12. The molecule has 2 N–H and O–H groups in total. The van der Waals surface area contributed by atoms with Crippen LogP contribution in [0.5, 0.6) is 0 Å². The van der Waals surface area contributed by atoms with Gasteiger partial charge in [0.05, 0.1) is 6.61 Å². The Morgan fingerprint density at radius 2 is 2.20 bits per heavy atom. The molecule has 1 aromatic carbocycles. The Morgan fingerprint density at radius 3 is 2.93 bits per heavy atom. The van der Waals surface area contributed by atoms with Gasteiger partial charge in [0.25, 0.3) is 0 Å². The minimum Gasteiger partial charge on any atom is -0.384 e. The van der Waals surface area contributed by atoms with Crippen molar-refractivity contribution in [2.45, 2.75) is 5.92 Å². The van der Waals surface area contributed by atoms with Gasteiger partial charge >= 0.3 is 0 Å². The van der Waals surface area contributed by atoms with Crippen molar-refractivity contribution in [2.75, 3.05) is 20.3 Å². The van der Waals surface area contributed by atoms with Gasteiger partial charge in [0.15, 0.2) is 0 Å².